The van der Waals surface area contributed by atoms with E-state index in [1.807, 2.05) is 12.1 Å². The van der Waals surface area contributed by atoms with Crippen LogP contribution in [0.2, 0.25) is 0 Å². The zero-order valence-electron chi connectivity index (χ0n) is 14.0. The van der Waals surface area contributed by atoms with Crippen molar-refractivity contribution in [3.05, 3.63) is 54.1 Å². The molecule has 0 radical (unpaired) electrons. The van der Waals surface area contributed by atoms with Crippen molar-refractivity contribution in [1.82, 2.24) is 0 Å². The molecule has 0 heterocycles. The zero-order chi connectivity index (χ0) is 18.7. The van der Waals surface area contributed by atoms with Crippen molar-refractivity contribution in [2.24, 2.45) is 5.92 Å². The molecule has 1 aliphatic rings. The number of carbonyl (C=O) groups is 1. The molecule has 138 valence electrons. The Balaban J connectivity index is 1.59. The first kappa shape index (κ1) is 18.3. The molecule has 0 atom stereocenters. The maximum absolute atomic E-state index is 12.7. The van der Waals surface area contributed by atoms with E-state index in [9.17, 15) is 18.0 Å². The lowest BCUT2D eigenvalue weighted by atomic mass is 9.87. The number of hydrogen-bond acceptors (Lipinski definition) is 2. The summed E-state index contributed by atoms with van der Waals surface area (Å²) in [6.07, 6.45) is -3.26. The second kappa shape index (κ2) is 7.40. The van der Waals surface area contributed by atoms with Gasteiger partial charge in [-0.05, 0) is 61.1 Å². The van der Waals surface area contributed by atoms with Crippen LogP contribution >= 0.6 is 0 Å². The van der Waals surface area contributed by atoms with E-state index in [2.05, 4.69) is 0 Å². The summed E-state index contributed by atoms with van der Waals surface area (Å²) in [5, 5.41) is 8.92. The van der Waals surface area contributed by atoms with E-state index < -0.39 is 18.1 Å². The summed E-state index contributed by atoms with van der Waals surface area (Å²) >= 11 is 0. The van der Waals surface area contributed by atoms with Crippen LogP contribution in [0.25, 0.3) is 11.1 Å². The molecule has 3 rings (SSSR count). The molecule has 0 spiro atoms. The molecule has 0 aliphatic heterocycles. The van der Waals surface area contributed by atoms with Crippen LogP contribution in [0.15, 0.2) is 48.5 Å². The van der Waals surface area contributed by atoms with E-state index in [4.69, 9.17) is 9.84 Å². The quantitative estimate of drug-likeness (QED) is 0.773. The number of alkyl halides is 3. The Morgan fingerprint density at radius 1 is 0.885 bits per heavy atom. The third-order valence-electron chi connectivity index (χ3n) is 4.76. The molecule has 1 N–H and O–H groups in total. The second-order valence-corrected chi connectivity index (χ2v) is 6.54. The third-order valence-corrected chi connectivity index (χ3v) is 4.76. The van der Waals surface area contributed by atoms with Crippen molar-refractivity contribution in [3.8, 4) is 16.9 Å². The summed E-state index contributed by atoms with van der Waals surface area (Å²) in [6, 6.07) is 13.8. The minimum Gasteiger partial charge on any atom is -0.490 e. The largest absolute Gasteiger partial charge is 0.490 e. The molecule has 0 bridgehead atoms. The van der Waals surface area contributed by atoms with E-state index >= 15 is 0 Å². The van der Waals surface area contributed by atoms with Crippen molar-refractivity contribution in [3.63, 3.8) is 0 Å². The van der Waals surface area contributed by atoms with Gasteiger partial charge in [0, 0.05) is 0 Å². The maximum Gasteiger partial charge on any atom is 0.391 e. The molecular formula is C20H19F3O3. The number of hydrogen-bond donors (Lipinski definition) is 1. The minimum atomic E-state index is -4.11. The molecule has 1 fully saturated rings. The fraction of sp³-hybridized carbons (Fsp3) is 0.350. The predicted octanol–water partition coefficient (Wildman–Crippen LogP) is 5.55. The fourth-order valence-corrected chi connectivity index (χ4v) is 3.23. The minimum absolute atomic E-state index is 0.113. The lowest BCUT2D eigenvalue weighted by Crippen LogP contribution is -2.31. The van der Waals surface area contributed by atoms with Gasteiger partial charge in [-0.15, -0.1) is 0 Å². The van der Waals surface area contributed by atoms with Gasteiger partial charge in [-0.1, -0.05) is 24.3 Å². The second-order valence-electron chi connectivity index (χ2n) is 6.54. The lowest BCUT2D eigenvalue weighted by Gasteiger charge is -2.30. The van der Waals surface area contributed by atoms with E-state index in [1.54, 1.807) is 36.4 Å². The average Bonchev–Trinajstić information content (AvgIpc) is 2.62. The van der Waals surface area contributed by atoms with Crippen molar-refractivity contribution >= 4 is 5.97 Å². The molecule has 3 nitrogen and oxygen atoms in total. The number of benzene rings is 2. The van der Waals surface area contributed by atoms with E-state index in [-0.39, 0.29) is 24.5 Å². The highest BCUT2D eigenvalue weighted by molar-refractivity contribution is 5.88. The van der Waals surface area contributed by atoms with Crippen molar-refractivity contribution in [2.75, 3.05) is 0 Å². The Hall–Kier alpha value is -2.50. The van der Waals surface area contributed by atoms with Gasteiger partial charge in [0.2, 0.25) is 0 Å². The maximum atomic E-state index is 12.7. The summed E-state index contributed by atoms with van der Waals surface area (Å²) in [5.74, 6) is -1.55. The van der Waals surface area contributed by atoms with Gasteiger partial charge in [0.25, 0.3) is 0 Å². The summed E-state index contributed by atoms with van der Waals surface area (Å²) in [5.41, 5.74) is 2.02. The third kappa shape index (κ3) is 4.36. The number of aromatic carboxylic acids is 1. The summed E-state index contributed by atoms with van der Waals surface area (Å²) < 4.78 is 43.9. The van der Waals surface area contributed by atoms with Crippen LogP contribution in [-0.2, 0) is 0 Å². The van der Waals surface area contributed by atoms with Crippen molar-refractivity contribution in [2.45, 2.75) is 38.0 Å². The molecule has 2 aromatic carbocycles. The van der Waals surface area contributed by atoms with Crippen molar-refractivity contribution < 1.29 is 27.8 Å². The fourth-order valence-electron chi connectivity index (χ4n) is 3.23. The van der Waals surface area contributed by atoms with Gasteiger partial charge in [-0.3, -0.25) is 0 Å². The summed E-state index contributed by atoms with van der Waals surface area (Å²) in [7, 11) is 0. The smallest absolute Gasteiger partial charge is 0.391 e. The Bertz CT molecular complexity index is 743. The highest BCUT2D eigenvalue weighted by atomic mass is 19.4. The summed E-state index contributed by atoms with van der Waals surface area (Å²) in [6.45, 7) is 0. The molecule has 2 aromatic rings. The Morgan fingerprint density at radius 2 is 1.38 bits per heavy atom. The first-order valence-corrected chi connectivity index (χ1v) is 8.50. The van der Waals surface area contributed by atoms with Crippen LogP contribution in [-0.4, -0.2) is 23.4 Å². The topological polar surface area (TPSA) is 46.5 Å². The van der Waals surface area contributed by atoms with Crippen LogP contribution in [0.1, 0.15) is 36.0 Å². The molecule has 0 unspecified atom stereocenters. The molecule has 0 aromatic heterocycles. The van der Waals surface area contributed by atoms with Gasteiger partial charge < -0.3 is 9.84 Å². The molecule has 6 heteroatoms. The molecule has 1 saturated carbocycles. The van der Waals surface area contributed by atoms with E-state index in [0.717, 1.165) is 11.1 Å². The van der Waals surface area contributed by atoms with E-state index in [1.165, 1.54) is 0 Å². The molecule has 0 amide bonds. The van der Waals surface area contributed by atoms with Crippen LogP contribution in [0.5, 0.6) is 5.75 Å². The lowest BCUT2D eigenvalue weighted by molar-refractivity contribution is -0.185. The van der Waals surface area contributed by atoms with Gasteiger partial charge in [-0.2, -0.15) is 13.2 Å². The van der Waals surface area contributed by atoms with Crippen LogP contribution in [0, 0.1) is 5.92 Å². The van der Waals surface area contributed by atoms with Crippen LogP contribution < -0.4 is 4.74 Å². The SMILES string of the molecule is O=C(O)c1ccc(-c2ccc(OC3CCC(C(F)(F)F)CC3)cc2)cc1. The van der Waals surface area contributed by atoms with Crippen LogP contribution in [0.3, 0.4) is 0 Å². The number of halogens is 3. The summed E-state index contributed by atoms with van der Waals surface area (Å²) in [4.78, 5) is 10.9. The monoisotopic (exact) mass is 364 g/mol. The molecule has 26 heavy (non-hydrogen) atoms. The molecule has 1 aliphatic carbocycles. The Morgan fingerprint density at radius 3 is 1.85 bits per heavy atom. The average molecular weight is 364 g/mol. The number of rotatable bonds is 4. The first-order chi connectivity index (χ1) is 12.3. The first-order valence-electron chi connectivity index (χ1n) is 8.50. The number of carboxylic acids is 1. The number of carboxylic acid groups (broad SMARTS) is 1. The van der Waals surface area contributed by atoms with Gasteiger partial charge in [0.15, 0.2) is 0 Å². The van der Waals surface area contributed by atoms with Crippen molar-refractivity contribution in [1.29, 1.82) is 0 Å². The molecular weight excluding hydrogens is 345 g/mol. The van der Waals surface area contributed by atoms with Crippen LogP contribution in [0.4, 0.5) is 13.2 Å². The highest BCUT2D eigenvalue weighted by Crippen LogP contribution is 2.38. The highest BCUT2D eigenvalue weighted by Gasteiger charge is 2.41. The standard InChI is InChI=1S/C20H19F3O3/c21-20(22,23)16-7-11-18(12-8-16)26-17-9-5-14(6-10-17)13-1-3-15(4-2-13)19(24)25/h1-6,9-10,16,18H,7-8,11-12H2,(H,24,25). The van der Waals surface area contributed by atoms with Gasteiger partial charge in [0.1, 0.15) is 5.75 Å². The zero-order valence-corrected chi connectivity index (χ0v) is 14.0. The number of ether oxygens (including phenoxy) is 1. The Labute approximate surface area is 149 Å². The Kier molecular flexibility index (Phi) is 5.20. The van der Waals surface area contributed by atoms with E-state index in [0.29, 0.717) is 18.6 Å². The normalized spacial score (nSPS) is 20.6. The van der Waals surface area contributed by atoms with Gasteiger partial charge in [0.05, 0.1) is 17.6 Å². The predicted molar refractivity (Wildman–Crippen MR) is 91.3 cm³/mol. The van der Waals surface area contributed by atoms with Gasteiger partial charge in [-0.25, -0.2) is 4.79 Å². The van der Waals surface area contributed by atoms with Gasteiger partial charge >= 0.3 is 12.1 Å². The molecule has 0 saturated heterocycles.